The molecule has 0 amide bonds. The number of ether oxygens (including phenoxy) is 2. The lowest BCUT2D eigenvalue weighted by molar-refractivity contribution is 0.296. The molecule has 3 heteroatoms. The van der Waals surface area contributed by atoms with Crippen LogP contribution in [0.3, 0.4) is 0 Å². The second-order valence-electron chi connectivity index (χ2n) is 7.63. The van der Waals surface area contributed by atoms with E-state index >= 15 is 0 Å². The summed E-state index contributed by atoms with van der Waals surface area (Å²) in [5, 5.41) is 0. The van der Waals surface area contributed by atoms with Crippen LogP contribution in [0.15, 0.2) is 36.4 Å². The highest BCUT2D eigenvalue weighted by Gasteiger charge is 2.24. The fourth-order valence-corrected chi connectivity index (χ4v) is 4.55. The standard InChI is InChI=1S/C23H29NO2/c1-24(14-12-17-6-3-7-18-13-15-26-23(17)18)16-19-8-4-10-21-20(19)9-5-11-22(21)25-2/h3,5-7,9,11,19H,4,8,10,12-16H2,1-2H3. The number of nitrogens with zero attached hydrogens (tertiary/aromatic N) is 1. The van der Waals surface area contributed by atoms with Crippen molar-refractivity contribution in [2.45, 2.75) is 38.0 Å². The van der Waals surface area contributed by atoms with Crippen LogP contribution in [0.2, 0.25) is 0 Å². The monoisotopic (exact) mass is 351 g/mol. The third kappa shape index (κ3) is 3.45. The van der Waals surface area contributed by atoms with E-state index < -0.39 is 0 Å². The van der Waals surface area contributed by atoms with Gasteiger partial charge in [0, 0.05) is 19.5 Å². The molecule has 0 radical (unpaired) electrons. The van der Waals surface area contributed by atoms with Crippen LogP contribution in [-0.2, 0) is 19.3 Å². The third-order valence-corrected chi connectivity index (χ3v) is 5.90. The molecule has 1 heterocycles. The van der Waals surface area contributed by atoms with Crippen molar-refractivity contribution in [3.63, 3.8) is 0 Å². The van der Waals surface area contributed by atoms with Crippen LogP contribution in [0.1, 0.15) is 41.0 Å². The molecular weight excluding hydrogens is 322 g/mol. The third-order valence-electron chi connectivity index (χ3n) is 5.90. The first-order valence-corrected chi connectivity index (χ1v) is 9.84. The summed E-state index contributed by atoms with van der Waals surface area (Å²) in [7, 11) is 4.03. The summed E-state index contributed by atoms with van der Waals surface area (Å²) in [5.74, 6) is 2.82. The highest BCUT2D eigenvalue weighted by molar-refractivity contribution is 5.45. The van der Waals surface area contributed by atoms with Gasteiger partial charge < -0.3 is 14.4 Å². The number of para-hydroxylation sites is 1. The molecule has 0 saturated carbocycles. The van der Waals surface area contributed by atoms with Gasteiger partial charge in [0.25, 0.3) is 0 Å². The first kappa shape index (κ1) is 17.4. The zero-order chi connectivity index (χ0) is 17.9. The molecule has 0 bridgehead atoms. The summed E-state index contributed by atoms with van der Waals surface area (Å²) in [5.41, 5.74) is 5.65. The van der Waals surface area contributed by atoms with E-state index in [0.717, 1.165) is 50.5 Å². The van der Waals surface area contributed by atoms with E-state index in [4.69, 9.17) is 9.47 Å². The molecule has 0 spiro atoms. The Labute approximate surface area is 156 Å². The smallest absolute Gasteiger partial charge is 0.125 e. The zero-order valence-electron chi connectivity index (χ0n) is 16.0. The van der Waals surface area contributed by atoms with Crippen molar-refractivity contribution < 1.29 is 9.47 Å². The molecule has 2 aliphatic rings. The highest BCUT2D eigenvalue weighted by atomic mass is 16.5. The van der Waals surface area contributed by atoms with Crippen molar-refractivity contribution in [2.24, 2.45) is 0 Å². The minimum Gasteiger partial charge on any atom is -0.496 e. The van der Waals surface area contributed by atoms with Crippen molar-refractivity contribution in [3.05, 3.63) is 58.7 Å². The lowest BCUT2D eigenvalue weighted by Crippen LogP contribution is -2.28. The van der Waals surface area contributed by atoms with Gasteiger partial charge in [-0.25, -0.2) is 0 Å². The van der Waals surface area contributed by atoms with Gasteiger partial charge in [-0.3, -0.25) is 0 Å². The van der Waals surface area contributed by atoms with Crippen LogP contribution in [0.25, 0.3) is 0 Å². The van der Waals surface area contributed by atoms with E-state index in [1.807, 2.05) is 0 Å². The van der Waals surface area contributed by atoms with Gasteiger partial charge in [-0.1, -0.05) is 30.3 Å². The Kier molecular flexibility index (Phi) is 5.16. The summed E-state index contributed by atoms with van der Waals surface area (Å²) in [6, 6.07) is 13.1. The maximum absolute atomic E-state index is 5.85. The molecule has 3 nitrogen and oxygen atoms in total. The summed E-state index contributed by atoms with van der Waals surface area (Å²) in [4.78, 5) is 2.48. The van der Waals surface area contributed by atoms with Gasteiger partial charge in [-0.2, -0.15) is 0 Å². The first-order chi connectivity index (χ1) is 12.8. The van der Waals surface area contributed by atoms with Gasteiger partial charge >= 0.3 is 0 Å². The molecule has 1 atom stereocenters. The Morgan fingerprint density at radius 1 is 1.15 bits per heavy atom. The Bertz CT molecular complexity index is 771. The number of methoxy groups -OCH3 is 1. The fraction of sp³-hybridized carbons (Fsp3) is 0.478. The van der Waals surface area contributed by atoms with E-state index in [0.29, 0.717) is 5.92 Å². The van der Waals surface area contributed by atoms with Crippen LogP contribution < -0.4 is 9.47 Å². The largest absolute Gasteiger partial charge is 0.496 e. The number of likely N-dealkylation sites (N-methyl/N-ethyl adjacent to an activating group) is 1. The lowest BCUT2D eigenvalue weighted by atomic mass is 9.82. The van der Waals surface area contributed by atoms with Gasteiger partial charge in [0.1, 0.15) is 11.5 Å². The fourth-order valence-electron chi connectivity index (χ4n) is 4.55. The molecule has 0 fully saturated rings. The molecular formula is C23H29NO2. The SMILES string of the molecule is COc1cccc2c1CCCC2CN(C)CCc1cccc2c1OCC2. The van der Waals surface area contributed by atoms with Gasteiger partial charge in [0.15, 0.2) is 0 Å². The minimum atomic E-state index is 0.608. The minimum absolute atomic E-state index is 0.608. The van der Waals surface area contributed by atoms with Crippen LogP contribution >= 0.6 is 0 Å². The molecule has 1 aliphatic carbocycles. The molecule has 2 aromatic carbocycles. The van der Waals surface area contributed by atoms with E-state index in [1.54, 1.807) is 7.11 Å². The van der Waals surface area contributed by atoms with Gasteiger partial charge in [0.05, 0.1) is 13.7 Å². The van der Waals surface area contributed by atoms with Crippen LogP contribution in [0.5, 0.6) is 11.5 Å². The molecule has 26 heavy (non-hydrogen) atoms. The second-order valence-corrected chi connectivity index (χ2v) is 7.63. The molecule has 0 N–H and O–H groups in total. The summed E-state index contributed by atoms with van der Waals surface area (Å²) in [6.07, 6.45) is 5.78. The number of benzene rings is 2. The molecule has 0 saturated heterocycles. The number of rotatable bonds is 6. The van der Waals surface area contributed by atoms with Crippen LogP contribution in [-0.4, -0.2) is 38.8 Å². The average Bonchev–Trinajstić information content (AvgIpc) is 3.15. The second kappa shape index (κ2) is 7.71. The van der Waals surface area contributed by atoms with E-state index in [9.17, 15) is 0 Å². The number of fused-ring (bicyclic) bond motifs is 2. The Morgan fingerprint density at radius 3 is 2.92 bits per heavy atom. The Balaban J connectivity index is 1.41. The van der Waals surface area contributed by atoms with E-state index in [1.165, 1.54) is 35.1 Å². The van der Waals surface area contributed by atoms with Crippen molar-refractivity contribution in [3.8, 4) is 11.5 Å². The normalized spacial score (nSPS) is 18.3. The van der Waals surface area contributed by atoms with Crippen molar-refractivity contribution in [1.29, 1.82) is 0 Å². The first-order valence-electron chi connectivity index (χ1n) is 9.84. The molecule has 1 unspecified atom stereocenters. The Hall–Kier alpha value is -2.00. The number of hydrogen-bond donors (Lipinski definition) is 0. The van der Waals surface area contributed by atoms with Crippen molar-refractivity contribution >= 4 is 0 Å². The van der Waals surface area contributed by atoms with E-state index in [2.05, 4.69) is 48.3 Å². The van der Waals surface area contributed by atoms with Crippen molar-refractivity contribution in [2.75, 3.05) is 33.9 Å². The van der Waals surface area contributed by atoms with Gasteiger partial charge in [0.2, 0.25) is 0 Å². The molecule has 138 valence electrons. The maximum atomic E-state index is 5.85. The number of hydrogen-bond acceptors (Lipinski definition) is 3. The topological polar surface area (TPSA) is 21.7 Å². The zero-order valence-corrected chi connectivity index (χ0v) is 16.0. The van der Waals surface area contributed by atoms with E-state index in [-0.39, 0.29) is 0 Å². The van der Waals surface area contributed by atoms with Crippen LogP contribution in [0.4, 0.5) is 0 Å². The summed E-state index contributed by atoms with van der Waals surface area (Å²) >= 11 is 0. The van der Waals surface area contributed by atoms with Crippen molar-refractivity contribution in [1.82, 2.24) is 4.90 Å². The molecule has 4 rings (SSSR count). The molecule has 1 aliphatic heterocycles. The lowest BCUT2D eigenvalue weighted by Gasteiger charge is -2.30. The summed E-state index contributed by atoms with van der Waals surface area (Å²) in [6.45, 7) is 3.01. The Morgan fingerprint density at radius 2 is 2.04 bits per heavy atom. The molecule has 0 aromatic heterocycles. The molecule has 2 aromatic rings. The quantitative estimate of drug-likeness (QED) is 0.778. The van der Waals surface area contributed by atoms with Gasteiger partial charge in [-0.15, -0.1) is 0 Å². The van der Waals surface area contributed by atoms with Crippen LogP contribution in [0, 0.1) is 0 Å². The summed E-state index contributed by atoms with van der Waals surface area (Å²) < 4.78 is 11.4. The predicted molar refractivity (Wildman–Crippen MR) is 106 cm³/mol. The van der Waals surface area contributed by atoms with Gasteiger partial charge in [-0.05, 0) is 67.0 Å². The average molecular weight is 351 g/mol. The maximum Gasteiger partial charge on any atom is 0.125 e. The predicted octanol–water partition coefficient (Wildman–Crippen LogP) is 4.22. The highest BCUT2D eigenvalue weighted by Crippen LogP contribution is 2.37.